The van der Waals surface area contributed by atoms with Crippen LogP contribution in [0.1, 0.15) is 51.0 Å². The van der Waals surface area contributed by atoms with Gasteiger partial charge in [-0.25, -0.2) is 8.42 Å². The Hall–Kier alpha value is -3.27. The van der Waals surface area contributed by atoms with Crippen molar-refractivity contribution in [1.82, 2.24) is 10.2 Å². The smallest absolute Gasteiger partial charge is 0.242 e. The third-order valence-electron chi connectivity index (χ3n) is 7.32. The number of amides is 2. The number of carbonyl (C=O) groups is 2. The van der Waals surface area contributed by atoms with Crippen LogP contribution < -0.4 is 19.1 Å². The Kier molecular flexibility index (Phi) is 9.72. The minimum absolute atomic E-state index is 0.117. The number of ether oxygens (including phenoxy) is 2. The molecule has 1 N–H and O–H groups in total. The van der Waals surface area contributed by atoms with E-state index in [1.165, 1.54) is 4.31 Å². The third kappa shape index (κ3) is 7.88. The van der Waals surface area contributed by atoms with Gasteiger partial charge in [-0.05, 0) is 50.3 Å². The Balaban J connectivity index is 1.42. The molecule has 0 spiro atoms. The van der Waals surface area contributed by atoms with Crippen LogP contribution in [0, 0.1) is 0 Å². The van der Waals surface area contributed by atoms with Crippen molar-refractivity contribution in [2.75, 3.05) is 36.9 Å². The van der Waals surface area contributed by atoms with Crippen molar-refractivity contribution in [3.63, 3.8) is 0 Å². The molecular weight excluding hydrogens is 518 g/mol. The van der Waals surface area contributed by atoms with E-state index in [1.54, 1.807) is 30.0 Å². The predicted molar refractivity (Wildman–Crippen MR) is 151 cm³/mol. The standard InChI is InChI=1S/C29H39N3O6S/c1-22(29(34)30-24-11-6-7-12-24)31(18-16-23-9-4-3-5-10-23)28(33)13-8-17-32(39(2,35)36)25-14-15-26-27(21-25)38-20-19-37-26/h3-5,9-10,14-15,21-22,24H,6-8,11-13,16-20H2,1-2H3,(H,30,34)/t22-/m0/s1. The van der Waals surface area contributed by atoms with Crippen molar-refractivity contribution >= 4 is 27.5 Å². The van der Waals surface area contributed by atoms with E-state index in [2.05, 4.69) is 5.32 Å². The first-order valence-electron chi connectivity index (χ1n) is 13.7. The molecule has 1 aliphatic heterocycles. The fourth-order valence-electron chi connectivity index (χ4n) is 5.15. The molecule has 1 fully saturated rings. The molecule has 2 aliphatic rings. The summed E-state index contributed by atoms with van der Waals surface area (Å²) in [5, 5.41) is 3.11. The number of hydrogen-bond acceptors (Lipinski definition) is 6. The molecular formula is C29H39N3O6S. The summed E-state index contributed by atoms with van der Waals surface area (Å²) >= 11 is 0. The second-order valence-corrected chi connectivity index (χ2v) is 12.2. The summed E-state index contributed by atoms with van der Waals surface area (Å²) in [6.45, 7) is 3.14. The van der Waals surface area contributed by atoms with Gasteiger partial charge in [0.15, 0.2) is 11.5 Å². The largest absolute Gasteiger partial charge is 0.486 e. The lowest BCUT2D eigenvalue weighted by Crippen LogP contribution is -2.50. The van der Waals surface area contributed by atoms with Crippen LogP contribution in [-0.2, 0) is 26.0 Å². The van der Waals surface area contributed by atoms with Gasteiger partial charge in [-0.2, -0.15) is 0 Å². The van der Waals surface area contributed by atoms with E-state index in [1.807, 2.05) is 30.3 Å². The van der Waals surface area contributed by atoms with Crippen molar-refractivity contribution in [1.29, 1.82) is 0 Å². The highest BCUT2D eigenvalue weighted by atomic mass is 32.2. The molecule has 0 unspecified atom stereocenters. The number of sulfonamides is 1. The second kappa shape index (κ2) is 13.2. The van der Waals surface area contributed by atoms with Gasteiger partial charge in [-0.15, -0.1) is 0 Å². The van der Waals surface area contributed by atoms with Gasteiger partial charge < -0.3 is 19.7 Å². The van der Waals surface area contributed by atoms with Crippen LogP contribution in [0.5, 0.6) is 11.5 Å². The minimum atomic E-state index is -3.60. The Labute approximate surface area is 231 Å². The van der Waals surface area contributed by atoms with Crippen molar-refractivity contribution in [2.24, 2.45) is 0 Å². The minimum Gasteiger partial charge on any atom is -0.486 e. The molecule has 1 heterocycles. The molecule has 0 aromatic heterocycles. The summed E-state index contributed by atoms with van der Waals surface area (Å²) in [5.74, 6) is 0.762. The molecule has 39 heavy (non-hydrogen) atoms. The Morgan fingerprint density at radius 1 is 1.00 bits per heavy atom. The van der Waals surface area contributed by atoms with E-state index in [0.29, 0.717) is 49.8 Å². The molecule has 2 aromatic rings. The molecule has 1 saturated carbocycles. The van der Waals surface area contributed by atoms with Gasteiger partial charge in [-0.3, -0.25) is 13.9 Å². The van der Waals surface area contributed by atoms with E-state index in [9.17, 15) is 18.0 Å². The van der Waals surface area contributed by atoms with E-state index >= 15 is 0 Å². The molecule has 1 aliphatic carbocycles. The number of hydrogen-bond donors (Lipinski definition) is 1. The van der Waals surface area contributed by atoms with E-state index < -0.39 is 16.1 Å². The maximum absolute atomic E-state index is 13.4. The quantitative estimate of drug-likeness (QED) is 0.428. The van der Waals surface area contributed by atoms with Gasteiger partial charge in [0.25, 0.3) is 0 Å². The number of nitrogens with one attached hydrogen (secondary N) is 1. The topological polar surface area (TPSA) is 105 Å². The van der Waals surface area contributed by atoms with E-state index in [0.717, 1.165) is 37.5 Å². The number of nitrogens with zero attached hydrogens (tertiary/aromatic N) is 2. The zero-order valence-electron chi connectivity index (χ0n) is 22.8. The third-order valence-corrected chi connectivity index (χ3v) is 8.51. The second-order valence-electron chi connectivity index (χ2n) is 10.3. The molecule has 4 rings (SSSR count). The summed E-state index contributed by atoms with van der Waals surface area (Å²) in [5.41, 5.74) is 1.54. The SMILES string of the molecule is C[C@@H](C(=O)NC1CCCC1)N(CCc1ccccc1)C(=O)CCCN(c1ccc2c(c1)OCCO2)S(C)(=O)=O. The Bertz CT molecular complexity index is 1230. The van der Waals surface area contributed by atoms with Crippen LogP contribution in [0.25, 0.3) is 0 Å². The molecule has 10 heteroatoms. The van der Waals surface area contributed by atoms with Crippen molar-refractivity contribution in [3.05, 3.63) is 54.1 Å². The number of rotatable bonds is 12. The van der Waals surface area contributed by atoms with Crippen LogP contribution in [0.4, 0.5) is 5.69 Å². The van der Waals surface area contributed by atoms with Gasteiger partial charge in [0.1, 0.15) is 19.3 Å². The fourth-order valence-corrected chi connectivity index (χ4v) is 6.11. The van der Waals surface area contributed by atoms with Crippen LogP contribution in [-0.4, -0.2) is 69.8 Å². The lowest BCUT2D eigenvalue weighted by Gasteiger charge is -2.30. The summed E-state index contributed by atoms with van der Waals surface area (Å²) in [6.07, 6.45) is 6.35. The number of anilines is 1. The van der Waals surface area contributed by atoms with Gasteiger partial charge in [0.05, 0.1) is 11.9 Å². The van der Waals surface area contributed by atoms with Crippen LogP contribution in [0.2, 0.25) is 0 Å². The Morgan fingerprint density at radius 3 is 2.38 bits per heavy atom. The maximum atomic E-state index is 13.4. The summed E-state index contributed by atoms with van der Waals surface area (Å²) in [4.78, 5) is 28.1. The summed E-state index contributed by atoms with van der Waals surface area (Å²) in [7, 11) is -3.60. The molecule has 2 amide bonds. The average Bonchev–Trinajstić information content (AvgIpc) is 3.43. The lowest BCUT2D eigenvalue weighted by molar-refractivity contribution is -0.140. The number of benzene rings is 2. The predicted octanol–water partition coefficient (Wildman–Crippen LogP) is 3.52. The number of fused-ring (bicyclic) bond motifs is 1. The van der Waals surface area contributed by atoms with Crippen LogP contribution in [0.3, 0.4) is 0 Å². The molecule has 1 atom stereocenters. The molecule has 2 aromatic carbocycles. The summed E-state index contributed by atoms with van der Waals surface area (Å²) < 4.78 is 37.7. The first-order chi connectivity index (χ1) is 18.7. The number of carbonyl (C=O) groups excluding carboxylic acids is 2. The molecule has 0 radical (unpaired) electrons. The molecule has 9 nitrogen and oxygen atoms in total. The highest BCUT2D eigenvalue weighted by Crippen LogP contribution is 2.34. The zero-order chi connectivity index (χ0) is 27.8. The average molecular weight is 558 g/mol. The maximum Gasteiger partial charge on any atom is 0.242 e. The highest BCUT2D eigenvalue weighted by Gasteiger charge is 2.28. The highest BCUT2D eigenvalue weighted by molar-refractivity contribution is 7.92. The molecule has 212 valence electrons. The van der Waals surface area contributed by atoms with Crippen molar-refractivity contribution in [2.45, 2.75) is 64.0 Å². The van der Waals surface area contributed by atoms with Gasteiger partial charge in [-0.1, -0.05) is 43.2 Å². The first kappa shape index (κ1) is 28.7. The van der Waals surface area contributed by atoms with Crippen LogP contribution in [0.15, 0.2) is 48.5 Å². The molecule has 0 bridgehead atoms. The monoisotopic (exact) mass is 557 g/mol. The van der Waals surface area contributed by atoms with Crippen LogP contribution >= 0.6 is 0 Å². The summed E-state index contributed by atoms with van der Waals surface area (Å²) in [6, 6.07) is 14.4. The normalized spacial score (nSPS) is 15.9. The Morgan fingerprint density at radius 2 is 1.69 bits per heavy atom. The zero-order valence-corrected chi connectivity index (χ0v) is 23.6. The van der Waals surface area contributed by atoms with Gasteiger partial charge >= 0.3 is 0 Å². The van der Waals surface area contributed by atoms with E-state index in [-0.39, 0.29) is 30.8 Å². The fraction of sp³-hybridized carbons (Fsp3) is 0.517. The van der Waals surface area contributed by atoms with E-state index in [4.69, 9.17) is 9.47 Å². The van der Waals surface area contributed by atoms with Gasteiger partial charge in [0, 0.05) is 31.6 Å². The first-order valence-corrected chi connectivity index (χ1v) is 15.6. The molecule has 0 saturated heterocycles. The lowest BCUT2D eigenvalue weighted by atomic mass is 10.1. The van der Waals surface area contributed by atoms with Crippen molar-refractivity contribution in [3.8, 4) is 11.5 Å². The van der Waals surface area contributed by atoms with Crippen molar-refractivity contribution < 1.29 is 27.5 Å². The van der Waals surface area contributed by atoms with Gasteiger partial charge in [0.2, 0.25) is 21.8 Å².